The molecular formula is C21H25N3O3. The minimum atomic E-state index is -0.305. The fourth-order valence-electron chi connectivity index (χ4n) is 4.64. The lowest BCUT2D eigenvalue weighted by Gasteiger charge is -2.27. The molecule has 27 heavy (non-hydrogen) atoms. The molecule has 1 aromatic heterocycles. The Morgan fingerprint density at radius 1 is 1.11 bits per heavy atom. The van der Waals surface area contributed by atoms with Gasteiger partial charge in [-0.25, -0.2) is 0 Å². The van der Waals surface area contributed by atoms with Crippen LogP contribution in [0.4, 0.5) is 0 Å². The van der Waals surface area contributed by atoms with Crippen molar-refractivity contribution in [2.45, 2.75) is 13.0 Å². The Kier molecular flexibility index (Phi) is 4.52. The van der Waals surface area contributed by atoms with Crippen molar-refractivity contribution in [2.75, 3.05) is 33.8 Å². The minimum absolute atomic E-state index is 0.165. The molecule has 2 aliphatic rings. The van der Waals surface area contributed by atoms with Crippen LogP contribution in [0.25, 0.3) is 0 Å². The van der Waals surface area contributed by atoms with E-state index in [9.17, 15) is 9.59 Å². The zero-order valence-corrected chi connectivity index (χ0v) is 15.9. The number of carbonyl (C=O) groups is 1. The Hall–Kier alpha value is -2.60. The summed E-state index contributed by atoms with van der Waals surface area (Å²) in [5.41, 5.74) is 1.93. The van der Waals surface area contributed by atoms with Gasteiger partial charge in [-0.15, -0.1) is 0 Å². The number of carbonyl (C=O) groups excluding carboxylic acids is 1. The molecule has 0 spiro atoms. The molecule has 2 aliphatic heterocycles. The second-order valence-electron chi connectivity index (χ2n) is 7.68. The molecule has 0 saturated carbocycles. The fourth-order valence-corrected chi connectivity index (χ4v) is 4.64. The molecule has 1 amide bonds. The fraction of sp³-hybridized carbons (Fsp3) is 0.429. The lowest BCUT2D eigenvalue weighted by Crippen LogP contribution is -2.36. The van der Waals surface area contributed by atoms with E-state index in [0.717, 1.165) is 18.0 Å². The van der Waals surface area contributed by atoms with Crippen LogP contribution in [0.5, 0.6) is 5.75 Å². The number of ether oxygens (including phenoxy) is 1. The summed E-state index contributed by atoms with van der Waals surface area (Å²) in [5, 5.41) is 0. The Bertz CT molecular complexity index is 906. The lowest BCUT2D eigenvalue weighted by atomic mass is 9.89. The van der Waals surface area contributed by atoms with Gasteiger partial charge in [0.2, 0.25) is 0 Å². The number of nitrogens with zero attached hydrogens (tertiary/aromatic N) is 2. The number of aryl methyl sites for hydroxylation is 1. The molecule has 0 bridgehead atoms. The zero-order chi connectivity index (χ0) is 19.1. The van der Waals surface area contributed by atoms with E-state index in [2.05, 4.69) is 29.1 Å². The van der Waals surface area contributed by atoms with E-state index < -0.39 is 0 Å². The molecule has 6 nitrogen and oxygen atoms in total. The van der Waals surface area contributed by atoms with Crippen molar-refractivity contribution in [3.05, 3.63) is 63.6 Å². The molecule has 2 saturated heterocycles. The summed E-state index contributed by atoms with van der Waals surface area (Å²) in [6.45, 7) is 4.15. The second kappa shape index (κ2) is 6.85. The molecule has 4 rings (SSSR count). The monoisotopic (exact) mass is 367 g/mol. The van der Waals surface area contributed by atoms with Crippen LogP contribution in [-0.2, 0) is 0 Å². The van der Waals surface area contributed by atoms with Gasteiger partial charge in [0, 0.05) is 37.3 Å². The maximum atomic E-state index is 12.9. The number of benzene rings is 1. The van der Waals surface area contributed by atoms with Gasteiger partial charge in [-0.05, 0) is 49.7 Å². The Labute approximate surface area is 158 Å². The van der Waals surface area contributed by atoms with Gasteiger partial charge < -0.3 is 14.6 Å². The summed E-state index contributed by atoms with van der Waals surface area (Å²) < 4.78 is 5.26. The summed E-state index contributed by atoms with van der Waals surface area (Å²) in [6, 6.07) is 11.9. The molecule has 2 aromatic rings. The summed E-state index contributed by atoms with van der Waals surface area (Å²) in [6.07, 6.45) is 0. The van der Waals surface area contributed by atoms with Crippen molar-refractivity contribution in [1.82, 2.24) is 14.8 Å². The van der Waals surface area contributed by atoms with Crippen molar-refractivity contribution < 1.29 is 9.53 Å². The zero-order valence-electron chi connectivity index (χ0n) is 15.9. The van der Waals surface area contributed by atoms with Crippen molar-refractivity contribution in [3.8, 4) is 5.75 Å². The van der Waals surface area contributed by atoms with Gasteiger partial charge >= 0.3 is 0 Å². The van der Waals surface area contributed by atoms with E-state index >= 15 is 0 Å². The smallest absolute Gasteiger partial charge is 0.260 e. The highest BCUT2D eigenvalue weighted by Gasteiger charge is 2.47. The topological polar surface area (TPSA) is 65.6 Å². The number of aromatic amines is 1. The molecule has 0 aliphatic carbocycles. The number of likely N-dealkylation sites (tertiary alicyclic amines) is 2. The molecule has 2 fully saturated rings. The number of hydrogen-bond donors (Lipinski definition) is 1. The van der Waals surface area contributed by atoms with Crippen LogP contribution >= 0.6 is 0 Å². The number of nitrogens with one attached hydrogen (secondary N) is 1. The number of pyridine rings is 1. The summed E-state index contributed by atoms with van der Waals surface area (Å²) >= 11 is 0. The Balaban J connectivity index is 1.55. The number of methoxy groups -OCH3 is 1. The maximum absolute atomic E-state index is 12.9. The Morgan fingerprint density at radius 2 is 1.85 bits per heavy atom. The average Bonchev–Trinajstić information content (AvgIpc) is 3.18. The van der Waals surface area contributed by atoms with Crippen molar-refractivity contribution in [3.63, 3.8) is 0 Å². The van der Waals surface area contributed by atoms with E-state index in [1.807, 2.05) is 24.0 Å². The molecule has 6 heteroatoms. The number of hydrogen-bond acceptors (Lipinski definition) is 4. The number of rotatable bonds is 3. The SMILES string of the molecule is COc1ccc([C@H]2[C@@H]3CN(C(=O)c4ccc(C)[nH]c4=O)C[C@@H]3CN2C)cc1. The molecule has 3 atom stereocenters. The van der Waals surface area contributed by atoms with Crippen LogP contribution in [-0.4, -0.2) is 54.5 Å². The van der Waals surface area contributed by atoms with Crippen LogP contribution < -0.4 is 10.3 Å². The predicted molar refractivity (Wildman–Crippen MR) is 103 cm³/mol. The van der Waals surface area contributed by atoms with Crippen molar-refractivity contribution in [2.24, 2.45) is 11.8 Å². The molecular weight excluding hydrogens is 342 g/mol. The van der Waals surface area contributed by atoms with Crippen LogP contribution in [0.1, 0.15) is 27.7 Å². The standard InChI is InChI=1S/C21H25N3O3/c1-13-4-9-17(20(25)22-13)21(26)24-11-15-10-23(2)19(18(15)12-24)14-5-7-16(27-3)8-6-14/h4-9,15,18-19H,10-12H2,1-3H3,(H,22,25)/t15-,18+,19-/m0/s1. The molecule has 3 heterocycles. The first-order chi connectivity index (χ1) is 13.0. The van der Waals surface area contributed by atoms with Gasteiger partial charge in [0.1, 0.15) is 11.3 Å². The number of fused-ring (bicyclic) bond motifs is 1. The first-order valence-corrected chi connectivity index (χ1v) is 9.31. The van der Waals surface area contributed by atoms with Gasteiger partial charge in [0.15, 0.2) is 0 Å². The van der Waals surface area contributed by atoms with Gasteiger partial charge in [-0.1, -0.05) is 12.1 Å². The molecule has 0 radical (unpaired) electrons. The third kappa shape index (κ3) is 3.14. The molecule has 0 unspecified atom stereocenters. The third-order valence-electron chi connectivity index (χ3n) is 5.92. The summed E-state index contributed by atoms with van der Waals surface area (Å²) in [7, 11) is 3.81. The predicted octanol–water partition coefficient (Wildman–Crippen LogP) is 2.07. The van der Waals surface area contributed by atoms with Crippen LogP contribution in [0, 0.1) is 18.8 Å². The van der Waals surface area contributed by atoms with E-state index in [1.165, 1.54) is 5.56 Å². The summed E-state index contributed by atoms with van der Waals surface area (Å²) in [5.74, 6) is 1.48. The summed E-state index contributed by atoms with van der Waals surface area (Å²) in [4.78, 5) is 32.0. The highest BCUT2D eigenvalue weighted by atomic mass is 16.5. The van der Waals surface area contributed by atoms with Crippen molar-refractivity contribution >= 4 is 5.91 Å². The van der Waals surface area contributed by atoms with E-state index in [1.54, 1.807) is 19.2 Å². The molecule has 1 N–H and O–H groups in total. The lowest BCUT2D eigenvalue weighted by molar-refractivity contribution is 0.0766. The first-order valence-electron chi connectivity index (χ1n) is 9.31. The number of aromatic nitrogens is 1. The third-order valence-corrected chi connectivity index (χ3v) is 5.92. The Morgan fingerprint density at radius 3 is 2.52 bits per heavy atom. The maximum Gasteiger partial charge on any atom is 0.260 e. The van der Waals surface area contributed by atoms with Crippen molar-refractivity contribution in [1.29, 1.82) is 0 Å². The largest absolute Gasteiger partial charge is 0.497 e. The van der Waals surface area contributed by atoms with E-state index in [4.69, 9.17) is 4.74 Å². The first kappa shape index (κ1) is 17.8. The molecule has 1 aromatic carbocycles. The van der Waals surface area contributed by atoms with Crippen LogP contribution in [0.15, 0.2) is 41.2 Å². The van der Waals surface area contributed by atoms with Gasteiger partial charge in [0.25, 0.3) is 11.5 Å². The normalized spacial score (nSPS) is 24.9. The molecule has 142 valence electrons. The highest BCUT2D eigenvalue weighted by molar-refractivity contribution is 5.94. The van der Waals surface area contributed by atoms with E-state index in [0.29, 0.717) is 24.9 Å². The minimum Gasteiger partial charge on any atom is -0.497 e. The van der Waals surface area contributed by atoms with Gasteiger partial charge in [0.05, 0.1) is 7.11 Å². The quantitative estimate of drug-likeness (QED) is 0.902. The average molecular weight is 367 g/mol. The number of H-pyrrole nitrogens is 1. The highest BCUT2D eigenvalue weighted by Crippen LogP contribution is 2.44. The van der Waals surface area contributed by atoms with E-state index in [-0.39, 0.29) is 23.1 Å². The van der Waals surface area contributed by atoms with Gasteiger partial charge in [-0.3, -0.25) is 14.5 Å². The van der Waals surface area contributed by atoms with Gasteiger partial charge in [-0.2, -0.15) is 0 Å². The van der Waals surface area contributed by atoms with Crippen LogP contribution in [0.3, 0.4) is 0 Å². The second-order valence-corrected chi connectivity index (χ2v) is 7.68. The van der Waals surface area contributed by atoms with Crippen LogP contribution in [0.2, 0.25) is 0 Å². The number of amides is 1.